The van der Waals surface area contributed by atoms with Crippen LogP contribution < -0.4 is 15.2 Å². The number of ether oxygens (including phenoxy) is 2. The first-order valence-electron chi connectivity index (χ1n) is 8.47. The van der Waals surface area contributed by atoms with Crippen LogP contribution in [0.25, 0.3) is 16.2 Å². The largest absolute Gasteiger partial charge is 0.454 e. The summed E-state index contributed by atoms with van der Waals surface area (Å²) in [5.41, 5.74) is 10.7. The topological polar surface area (TPSA) is 61.8 Å². The Morgan fingerprint density at radius 1 is 1.17 bits per heavy atom. The standard InChI is InChI=1S/C18H19N3O2S/c19-8-7-13-17(11-5-6-14-15(9-11)23-10-22-14)20-18-21(13)12-3-1-2-4-16(12)24-18/h5-6,9H,1-4,7-8,10,19H2. The molecule has 0 saturated heterocycles. The molecule has 1 aliphatic heterocycles. The Labute approximate surface area is 144 Å². The highest BCUT2D eigenvalue weighted by Gasteiger charge is 2.24. The number of benzene rings is 1. The summed E-state index contributed by atoms with van der Waals surface area (Å²) >= 11 is 1.84. The zero-order chi connectivity index (χ0) is 16.1. The summed E-state index contributed by atoms with van der Waals surface area (Å²) in [5, 5.41) is 0. The molecule has 3 aromatic rings. The van der Waals surface area contributed by atoms with Crippen LogP contribution in [0.4, 0.5) is 0 Å². The van der Waals surface area contributed by atoms with Gasteiger partial charge in [0.05, 0.1) is 11.4 Å². The fraction of sp³-hybridized carbons (Fsp3) is 0.389. The van der Waals surface area contributed by atoms with E-state index in [-0.39, 0.29) is 0 Å². The highest BCUT2D eigenvalue weighted by Crippen LogP contribution is 2.39. The SMILES string of the molecule is NCCc1c(-c2ccc3c(c2)OCO3)nc2sc3c(n12)CCCC3. The Hall–Kier alpha value is -2.05. The monoisotopic (exact) mass is 341 g/mol. The van der Waals surface area contributed by atoms with E-state index in [0.29, 0.717) is 13.3 Å². The molecule has 0 saturated carbocycles. The van der Waals surface area contributed by atoms with Crippen LogP contribution in [0, 0.1) is 0 Å². The van der Waals surface area contributed by atoms with E-state index in [1.807, 2.05) is 23.5 Å². The number of thiazole rings is 1. The van der Waals surface area contributed by atoms with Gasteiger partial charge in [-0.3, -0.25) is 4.40 Å². The third kappa shape index (κ3) is 2.06. The zero-order valence-electron chi connectivity index (χ0n) is 13.4. The highest BCUT2D eigenvalue weighted by atomic mass is 32.1. The van der Waals surface area contributed by atoms with E-state index in [0.717, 1.165) is 40.6 Å². The molecule has 0 spiro atoms. The van der Waals surface area contributed by atoms with Gasteiger partial charge in [-0.2, -0.15) is 0 Å². The lowest BCUT2D eigenvalue weighted by molar-refractivity contribution is 0.174. The van der Waals surface area contributed by atoms with Gasteiger partial charge >= 0.3 is 0 Å². The van der Waals surface area contributed by atoms with E-state index < -0.39 is 0 Å². The Morgan fingerprint density at radius 2 is 2.04 bits per heavy atom. The Bertz CT molecular complexity index is 928. The van der Waals surface area contributed by atoms with E-state index in [1.54, 1.807) is 0 Å². The van der Waals surface area contributed by atoms with Gasteiger partial charge in [-0.05, 0) is 50.4 Å². The molecule has 2 aromatic heterocycles. The molecule has 0 radical (unpaired) electrons. The molecule has 0 unspecified atom stereocenters. The molecule has 24 heavy (non-hydrogen) atoms. The first-order chi connectivity index (χ1) is 11.8. The van der Waals surface area contributed by atoms with Crippen LogP contribution in [-0.4, -0.2) is 22.7 Å². The predicted octanol–water partition coefficient (Wildman–Crippen LogP) is 3.17. The summed E-state index contributed by atoms with van der Waals surface area (Å²) in [6.45, 7) is 0.913. The minimum Gasteiger partial charge on any atom is -0.454 e. The number of aromatic nitrogens is 2. The van der Waals surface area contributed by atoms with Gasteiger partial charge in [-0.25, -0.2) is 4.98 Å². The third-order valence-electron chi connectivity index (χ3n) is 4.84. The van der Waals surface area contributed by atoms with Crippen molar-refractivity contribution < 1.29 is 9.47 Å². The average Bonchev–Trinajstić information content (AvgIpc) is 3.28. The van der Waals surface area contributed by atoms with Gasteiger partial charge in [-0.15, -0.1) is 11.3 Å². The molecule has 0 bridgehead atoms. The van der Waals surface area contributed by atoms with Crippen molar-refractivity contribution in [2.75, 3.05) is 13.3 Å². The minimum absolute atomic E-state index is 0.292. The van der Waals surface area contributed by atoms with E-state index >= 15 is 0 Å². The number of rotatable bonds is 3. The van der Waals surface area contributed by atoms with Gasteiger partial charge < -0.3 is 15.2 Å². The lowest BCUT2D eigenvalue weighted by Crippen LogP contribution is -2.09. The lowest BCUT2D eigenvalue weighted by atomic mass is 10.0. The smallest absolute Gasteiger partial charge is 0.231 e. The molecular weight excluding hydrogens is 322 g/mol. The van der Waals surface area contributed by atoms with Crippen molar-refractivity contribution in [1.82, 2.24) is 9.38 Å². The molecule has 1 aliphatic carbocycles. The summed E-state index contributed by atoms with van der Waals surface area (Å²) in [7, 11) is 0. The second kappa shape index (κ2) is 5.50. The number of imidazole rings is 1. The van der Waals surface area contributed by atoms with Crippen molar-refractivity contribution in [2.45, 2.75) is 32.1 Å². The van der Waals surface area contributed by atoms with Crippen molar-refractivity contribution in [3.63, 3.8) is 0 Å². The minimum atomic E-state index is 0.292. The molecule has 3 heterocycles. The molecule has 1 aromatic carbocycles. The number of hydrogen-bond donors (Lipinski definition) is 1. The number of hydrogen-bond acceptors (Lipinski definition) is 5. The van der Waals surface area contributed by atoms with Crippen LogP contribution in [-0.2, 0) is 19.3 Å². The third-order valence-corrected chi connectivity index (χ3v) is 5.99. The maximum atomic E-state index is 5.91. The first kappa shape index (κ1) is 14.3. The molecule has 0 amide bonds. The van der Waals surface area contributed by atoms with Crippen LogP contribution in [0.15, 0.2) is 18.2 Å². The molecular formula is C18H19N3O2S. The second-order valence-electron chi connectivity index (χ2n) is 6.31. The molecule has 2 N–H and O–H groups in total. The molecule has 2 aliphatic rings. The highest BCUT2D eigenvalue weighted by molar-refractivity contribution is 7.17. The van der Waals surface area contributed by atoms with Gasteiger partial charge in [0.1, 0.15) is 0 Å². The zero-order valence-corrected chi connectivity index (χ0v) is 14.2. The normalized spacial score (nSPS) is 15.9. The molecule has 6 heteroatoms. The Kier molecular flexibility index (Phi) is 3.28. The van der Waals surface area contributed by atoms with Crippen LogP contribution in [0.5, 0.6) is 11.5 Å². The van der Waals surface area contributed by atoms with Crippen molar-refractivity contribution >= 4 is 16.3 Å². The van der Waals surface area contributed by atoms with Crippen LogP contribution >= 0.6 is 11.3 Å². The van der Waals surface area contributed by atoms with Crippen molar-refractivity contribution in [2.24, 2.45) is 5.73 Å². The Balaban J connectivity index is 1.70. The van der Waals surface area contributed by atoms with Crippen molar-refractivity contribution in [1.29, 1.82) is 0 Å². The average molecular weight is 341 g/mol. The molecule has 5 nitrogen and oxygen atoms in total. The quantitative estimate of drug-likeness (QED) is 0.795. The number of aryl methyl sites for hydroxylation is 2. The number of nitrogens with two attached hydrogens (primary N) is 1. The van der Waals surface area contributed by atoms with E-state index in [1.165, 1.54) is 35.5 Å². The molecule has 0 fully saturated rings. The molecule has 0 atom stereocenters. The fourth-order valence-corrected chi connectivity index (χ4v) is 4.97. The van der Waals surface area contributed by atoms with E-state index in [4.69, 9.17) is 20.2 Å². The summed E-state index contributed by atoms with van der Waals surface area (Å²) in [4.78, 5) is 7.56. The van der Waals surface area contributed by atoms with E-state index in [9.17, 15) is 0 Å². The van der Waals surface area contributed by atoms with Crippen molar-refractivity contribution in [3.05, 3.63) is 34.5 Å². The number of fused-ring (bicyclic) bond motifs is 4. The van der Waals surface area contributed by atoms with Crippen LogP contribution in [0.2, 0.25) is 0 Å². The maximum Gasteiger partial charge on any atom is 0.231 e. The maximum absolute atomic E-state index is 5.91. The summed E-state index contributed by atoms with van der Waals surface area (Å²) < 4.78 is 13.3. The molecule has 124 valence electrons. The van der Waals surface area contributed by atoms with Gasteiger partial charge in [0, 0.05) is 22.6 Å². The summed E-state index contributed by atoms with van der Waals surface area (Å²) in [5.74, 6) is 1.60. The number of nitrogens with zero attached hydrogens (tertiary/aromatic N) is 2. The first-order valence-corrected chi connectivity index (χ1v) is 9.29. The van der Waals surface area contributed by atoms with Gasteiger partial charge in [-0.1, -0.05) is 0 Å². The van der Waals surface area contributed by atoms with Crippen LogP contribution in [0.3, 0.4) is 0 Å². The summed E-state index contributed by atoms with van der Waals surface area (Å²) in [6.07, 6.45) is 5.71. The van der Waals surface area contributed by atoms with Gasteiger partial charge in [0.25, 0.3) is 0 Å². The summed E-state index contributed by atoms with van der Waals surface area (Å²) in [6, 6.07) is 6.06. The van der Waals surface area contributed by atoms with Crippen molar-refractivity contribution in [3.8, 4) is 22.8 Å². The predicted molar refractivity (Wildman–Crippen MR) is 94.0 cm³/mol. The Morgan fingerprint density at radius 3 is 2.96 bits per heavy atom. The second-order valence-corrected chi connectivity index (χ2v) is 7.37. The van der Waals surface area contributed by atoms with Gasteiger partial charge in [0.2, 0.25) is 6.79 Å². The fourth-order valence-electron chi connectivity index (χ4n) is 3.74. The lowest BCUT2D eigenvalue weighted by Gasteiger charge is -2.12. The molecule has 5 rings (SSSR count). The van der Waals surface area contributed by atoms with Gasteiger partial charge in [0.15, 0.2) is 16.5 Å². The van der Waals surface area contributed by atoms with Crippen LogP contribution in [0.1, 0.15) is 29.1 Å². The van der Waals surface area contributed by atoms with E-state index in [2.05, 4.69) is 10.5 Å².